The fraction of sp³-hybridized carbons (Fsp3) is 0.211. The van der Waals surface area contributed by atoms with Gasteiger partial charge in [-0.2, -0.15) is 0 Å². The molecule has 0 bridgehead atoms. The molecule has 0 radical (unpaired) electrons. The van der Waals surface area contributed by atoms with Crippen molar-refractivity contribution in [3.05, 3.63) is 64.7 Å². The number of rotatable bonds is 4. The lowest BCUT2D eigenvalue weighted by Crippen LogP contribution is -2.36. The predicted molar refractivity (Wildman–Crippen MR) is 91.9 cm³/mol. The highest BCUT2D eigenvalue weighted by molar-refractivity contribution is 6.30. The molecule has 2 aromatic rings. The van der Waals surface area contributed by atoms with Gasteiger partial charge >= 0.3 is 5.97 Å². The van der Waals surface area contributed by atoms with Crippen LogP contribution in [0.4, 0.5) is 0 Å². The molecule has 5 heteroatoms. The molecule has 0 amide bonds. The normalized spacial score (nSPS) is 12.5. The second kappa shape index (κ2) is 7.87. The Morgan fingerprint density at radius 2 is 1.79 bits per heavy atom. The lowest BCUT2D eigenvalue weighted by atomic mass is 9.94. The van der Waals surface area contributed by atoms with Crippen LogP contribution in [0.1, 0.15) is 18.1 Å². The molecule has 0 saturated carbocycles. The summed E-state index contributed by atoms with van der Waals surface area (Å²) in [5.74, 6) is 5.28. The fourth-order valence-corrected chi connectivity index (χ4v) is 2.13. The largest absolute Gasteiger partial charge is 0.497 e. The van der Waals surface area contributed by atoms with Crippen LogP contribution in [-0.2, 0) is 15.1 Å². The maximum absolute atomic E-state index is 12.2. The second-order valence-corrected chi connectivity index (χ2v) is 5.35. The zero-order valence-electron chi connectivity index (χ0n) is 13.4. The molecule has 0 fully saturated rings. The molecular formula is C19H17ClO4. The van der Waals surface area contributed by atoms with E-state index in [4.69, 9.17) is 21.1 Å². The number of aliphatic hydroxyl groups is 1. The van der Waals surface area contributed by atoms with E-state index in [2.05, 4.69) is 11.8 Å². The van der Waals surface area contributed by atoms with Gasteiger partial charge in [-0.15, -0.1) is 0 Å². The van der Waals surface area contributed by atoms with Gasteiger partial charge in [-0.3, -0.25) is 0 Å². The first-order chi connectivity index (χ1) is 11.5. The fourth-order valence-electron chi connectivity index (χ4n) is 2.00. The monoisotopic (exact) mass is 344 g/mol. The minimum atomic E-state index is -2.07. The van der Waals surface area contributed by atoms with Crippen LogP contribution in [0.5, 0.6) is 5.75 Å². The summed E-state index contributed by atoms with van der Waals surface area (Å²) in [6.45, 7) is 1.80. The van der Waals surface area contributed by atoms with Gasteiger partial charge in [0.1, 0.15) is 5.75 Å². The highest BCUT2D eigenvalue weighted by atomic mass is 35.5. The SMILES string of the molecule is CCOC(=O)C(O)(C#Cc1ccc(OC)cc1)c1ccc(Cl)cc1. The van der Waals surface area contributed by atoms with E-state index in [1.165, 1.54) is 0 Å². The molecular weight excluding hydrogens is 328 g/mol. The van der Waals surface area contributed by atoms with Crippen LogP contribution in [0.15, 0.2) is 48.5 Å². The first-order valence-corrected chi connectivity index (χ1v) is 7.70. The highest BCUT2D eigenvalue weighted by Crippen LogP contribution is 2.24. The molecule has 0 aromatic heterocycles. The number of esters is 1. The third-order valence-corrected chi connectivity index (χ3v) is 3.56. The summed E-state index contributed by atoms with van der Waals surface area (Å²) in [5.41, 5.74) is -1.14. The van der Waals surface area contributed by atoms with E-state index in [0.717, 1.165) is 0 Å². The van der Waals surface area contributed by atoms with E-state index in [1.54, 1.807) is 62.6 Å². The lowest BCUT2D eigenvalue weighted by Gasteiger charge is -2.20. The van der Waals surface area contributed by atoms with Crippen molar-refractivity contribution in [2.75, 3.05) is 13.7 Å². The highest BCUT2D eigenvalue weighted by Gasteiger charge is 2.38. The van der Waals surface area contributed by atoms with Crippen molar-refractivity contribution < 1.29 is 19.4 Å². The van der Waals surface area contributed by atoms with E-state index in [0.29, 0.717) is 21.9 Å². The number of carbonyl (C=O) groups is 1. The first kappa shape index (κ1) is 17.9. The molecule has 2 rings (SSSR count). The third kappa shape index (κ3) is 4.08. The number of hydrogen-bond acceptors (Lipinski definition) is 4. The van der Waals surface area contributed by atoms with Crippen molar-refractivity contribution in [2.24, 2.45) is 0 Å². The Morgan fingerprint density at radius 1 is 1.17 bits per heavy atom. The standard InChI is InChI=1S/C19H17ClO4/c1-3-24-18(21)19(22,15-6-8-16(20)9-7-15)13-12-14-4-10-17(23-2)11-5-14/h4-11,22H,3H2,1-2H3. The van der Waals surface area contributed by atoms with Gasteiger partial charge in [-0.05, 0) is 49.2 Å². The van der Waals surface area contributed by atoms with Gasteiger partial charge in [0.15, 0.2) is 0 Å². The first-order valence-electron chi connectivity index (χ1n) is 7.32. The topological polar surface area (TPSA) is 55.8 Å². The van der Waals surface area contributed by atoms with Crippen LogP contribution in [0.2, 0.25) is 5.02 Å². The zero-order chi connectivity index (χ0) is 17.6. The Morgan fingerprint density at radius 3 is 2.33 bits per heavy atom. The van der Waals surface area contributed by atoms with Crippen molar-refractivity contribution >= 4 is 17.6 Å². The summed E-state index contributed by atoms with van der Waals surface area (Å²) in [6.07, 6.45) is 0. The Kier molecular flexibility index (Phi) is 5.86. The Bertz CT molecular complexity index is 757. The summed E-state index contributed by atoms with van der Waals surface area (Å²) in [7, 11) is 1.57. The van der Waals surface area contributed by atoms with Crippen molar-refractivity contribution in [2.45, 2.75) is 12.5 Å². The molecule has 0 spiro atoms. The summed E-state index contributed by atoms with van der Waals surface area (Å²) in [6, 6.07) is 13.2. The van der Waals surface area contributed by atoms with E-state index >= 15 is 0 Å². The lowest BCUT2D eigenvalue weighted by molar-refractivity contribution is -0.159. The summed E-state index contributed by atoms with van der Waals surface area (Å²) < 4.78 is 10.1. The average Bonchev–Trinajstić information content (AvgIpc) is 2.61. The van der Waals surface area contributed by atoms with Gasteiger partial charge in [-0.25, -0.2) is 4.79 Å². The predicted octanol–water partition coefficient (Wildman–Crippen LogP) is 3.15. The van der Waals surface area contributed by atoms with Crippen LogP contribution in [0.25, 0.3) is 0 Å². The molecule has 124 valence electrons. The van der Waals surface area contributed by atoms with Gasteiger partial charge in [0.2, 0.25) is 0 Å². The molecule has 0 saturated heterocycles. The number of ether oxygens (including phenoxy) is 2. The van der Waals surface area contributed by atoms with Crippen LogP contribution in [0, 0.1) is 11.8 Å². The van der Waals surface area contributed by atoms with E-state index in [1.807, 2.05) is 0 Å². The van der Waals surface area contributed by atoms with Crippen LogP contribution >= 0.6 is 11.6 Å². The van der Waals surface area contributed by atoms with Gasteiger partial charge < -0.3 is 14.6 Å². The second-order valence-electron chi connectivity index (χ2n) is 4.92. The minimum Gasteiger partial charge on any atom is -0.497 e. The molecule has 1 unspecified atom stereocenters. The van der Waals surface area contributed by atoms with E-state index < -0.39 is 11.6 Å². The van der Waals surface area contributed by atoms with Gasteiger partial charge in [-0.1, -0.05) is 29.7 Å². The average molecular weight is 345 g/mol. The maximum atomic E-state index is 12.2. The molecule has 0 aliphatic rings. The summed E-state index contributed by atoms with van der Waals surface area (Å²) >= 11 is 5.86. The smallest absolute Gasteiger partial charge is 0.355 e. The van der Waals surface area contributed by atoms with Gasteiger partial charge in [0, 0.05) is 16.1 Å². The van der Waals surface area contributed by atoms with Gasteiger partial charge in [0.05, 0.1) is 13.7 Å². The molecule has 4 nitrogen and oxygen atoms in total. The van der Waals surface area contributed by atoms with Crippen molar-refractivity contribution in [1.82, 2.24) is 0 Å². The summed E-state index contributed by atoms with van der Waals surface area (Å²) in [5, 5.41) is 11.3. The maximum Gasteiger partial charge on any atom is 0.355 e. The van der Waals surface area contributed by atoms with E-state index in [9.17, 15) is 9.90 Å². The number of methoxy groups -OCH3 is 1. The van der Waals surface area contributed by atoms with Crippen molar-refractivity contribution in [1.29, 1.82) is 0 Å². The van der Waals surface area contributed by atoms with E-state index in [-0.39, 0.29) is 6.61 Å². The Balaban J connectivity index is 2.41. The third-order valence-electron chi connectivity index (χ3n) is 3.31. The number of benzene rings is 2. The number of carbonyl (C=O) groups excluding carboxylic acids is 1. The van der Waals surface area contributed by atoms with Crippen molar-refractivity contribution in [3.63, 3.8) is 0 Å². The molecule has 0 heterocycles. The Hall–Kier alpha value is -2.48. The number of halogens is 1. The van der Waals surface area contributed by atoms with Crippen molar-refractivity contribution in [3.8, 4) is 17.6 Å². The molecule has 2 aromatic carbocycles. The zero-order valence-corrected chi connectivity index (χ0v) is 14.1. The Labute approximate surface area is 146 Å². The van der Waals surface area contributed by atoms with Crippen LogP contribution in [-0.4, -0.2) is 24.8 Å². The molecule has 1 N–H and O–H groups in total. The van der Waals surface area contributed by atoms with Crippen LogP contribution < -0.4 is 4.74 Å². The quantitative estimate of drug-likeness (QED) is 0.684. The summed E-state index contributed by atoms with van der Waals surface area (Å²) in [4.78, 5) is 12.2. The molecule has 1 atom stereocenters. The van der Waals surface area contributed by atoms with Gasteiger partial charge in [0.25, 0.3) is 5.60 Å². The minimum absolute atomic E-state index is 0.138. The number of hydrogen-bond donors (Lipinski definition) is 1. The van der Waals surface area contributed by atoms with Crippen LogP contribution in [0.3, 0.4) is 0 Å². The molecule has 0 aliphatic carbocycles. The molecule has 24 heavy (non-hydrogen) atoms. The molecule has 0 aliphatic heterocycles.